The molecule has 1 heterocycles. The van der Waals surface area contributed by atoms with Gasteiger partial charge in [0.15, 0.2) is 0 Å². The summed E-state index contributed by atoms with van der Waals surface area (Å²) >= 11 is 0. The van der Waals surface area contributed by atoms with Gasteiger partial charge < -0.3 is 10.6 Å². The number of nitrogens with one attached hydrogen (secondary N) is 2. The molecule has 0 saturated carbocycles. The lowest BCUT2D eigenvalue weighted by atomic mass is 10.0. The fourth-order valence-corrected chi connectivity index (χ4v) is 3.42. The Balaban J connectivity index is 2.01. The molecule has 128 valence electrons. The smallest absolute Gasteiger partial charge is 0.238 e. The fourth-order valence-electron chi connectivity index (χ4n) is 3.42. The molecule has 0 bridgehead atoms. The molecule has 1 aromatic carbocycles. The first kappa shape index (κ1) is 18.0. The molecular formula is C19H31N3O. The predicted molar refractivity (Wildman–Crippen MR) is 96.9 cm³/mol. The fraction of sp³-hybridized carbons (Fsp3) is 0.632. The third-order valence-corrected chi connectivity index (χ3v) is 4.69. The minimum Gasteiger partial charge on any atom is -0.324 e. The van der Waals surface area contributed by atoms with E-state index in [9.17, 15) is 4.79 Å². The molecule has 0 aliphatic carbocycles. The highest BCUT2D eigenvalue weighted by Crippen LogP contribution is 2.21. The van der Waals surface area contributed by atoms with E-state index in [1.54, 1.807) is 0 Å². The minimum absolute atomic E-state index is 0.112. The normalized spacial score (nSPS) is 15.8. The number of rotatable bonds is 7. The highest BCUT2D eigenvalue weighted by Gasteiger charge is 2.22. The summed E-state index contributed by atoms with van der Waals surface area (Å²) in [6.07, 6.45) is 4.29. The lowest BCUT2D eigenvalue weighted by Crippen LogP contribution is -2.46. The van der Waals surface area contributed by atoms with E-state index in [0.29, 0.717) is 12.6 Å². The van der Waals surface area contributed by atoms with Crippen molar-refractivity contribution in [1.82, 2.24) is 10.2 Å². The predicted octanol–water partition coefficient (Wildman–Crippen LogP) is 2.96. The van der Waals surface area contributed by atoms with Gasteiger partial charge >= 0.3 is 0 Å². The molecule has 1 aliphatic rings. The van der Waals surface area contributed by atoms with Gasteiger partial charge in [0.1, 0.15) is 0 Å². The van der Waals surface area contributed by atoms with Crippen molar-refractivity contribution in [2.24, 2.45) is 0 Å². The molecule has 0 spiro atoms. The largest absolute Gasteiger partial charge is 0.324 e. The topological polar surface area (TPSA) is 44.4 Å². The second-order valence-electron chi connectivity index (χ2n) is 6.46. The van der Waals surface area contributed by atoms with Gasteiger partial charge in [-0.25, -0.2) is 0 Å². The zero-order chi connectivity index (χ0) is 16.7. The van der Waals surface area contributed by atoms with Gasteiger partial charge in [-0.05, 0) is 63.4 Å². The number of para-hydroxylation sites is 1. The molecule has 1 saturated heterocycles. The summed E-state index contributed by atoms with van der Waals surface area (Å²) in [5.41, 5.74) is 3.35. The third kappa shape index (κ3) is 5.05. The van der Waals surface area contributed by atoms with Crippen LogP contribution in [0, 0.1) is 6.92 Å². The Labute approximate surface area is 140 Å². The molecule has 1 aromatic rings. The van der Waals surface area contributed by atoms with E-state index in [1.807, 2.05) is 0 Å². The number of benzene rings is 1. The van der Waals surface area contributed by atoms with Crippen molar-refractivity contribution in [3.63, 3.8) is 0 Å². The van der Waals surface area contributed by atoms with E-state index in [0.717, 1.165) is 56.6 Å². The number of piperidine rings is 1. The maximum absolute atomic E-state index is 12.6. The Bertz CT molecular complexity index is 509. The first-order chi connectivity index (χ1) is 11.2. The van der Waals surface area contributed by atoms with Crippen molar-refractivity contribution in [2.45, 2.75) is 52.5 Å². The summed E-state index contributed by atoms with van der Waals surface area (Å²) in [4.78, 5) is 15.0. The molecule has 2 N–H and O–H groups in total. The maximum atomic E-state index is 12.6. The Morgan fingerprint density at radius 2 is 2.04 bits per heavy atom. The van der Waals surface area contributed by atoms with E-state index in [1.165, 1.54) is 5.56 Å². The summed E-state index contributed by atoms with van der Waals surface area (Å²) in [5.74, 6) is 0.112. The standard InChI is InChI=1S/C19H31N3O/c1-4-13-22(17-9-11-20-12-10-17)14-18(23)21-19-15(3)7-6-8-16(19)5-2/h6-8,17,20H,4-5,9-14H2,1-3H3,(H,21,23). The Hall–Kier alpha value is -1.39. The third-order valence-electron chi connectivity index (χ3n) is 4.69. The van der Waals surface area contributed by atoms with Gasteiger partial charge in [0, 0.05) is 11.7 Å². The molecular weight excluding hydrogens is 286 g/mol. The number of carbonyl (C=O) groups is 1. The van der Waals surface area contributed by atoms with Gasteiger partial charge in [-0.15, -0.1) is 0 Å². The highest BCUT2D eigenvalue weighted by atomic mass is 16.2. The van der Waals surface area contributed by atoms with Crippen LogP contribution in [0.5, 0.6) is 0 Å². The van der Waals surface area contributed by atoms with Gasteiger partial charge in [-0.1, -0.05) is 32.0 Å². The molecule has 0 radical (unpaired) electrons. The van der Waals surface area contributed by atoms with Gasteiger partial charge in [-0.2, -0.15) is 0 Å². The number of hydrogen-bond acceptors (Lipinski definition) is 3. The van der Waals surface area contributed by atoms with Gasteiger partial charge in [0.25, 0.3) is 0 Å². The number of anilines is 1. The first-order valence-electron chi connectivity index (χ1n) is 8.98. The Kier molecular flexibility index (Phi) is 7.06. The number of hydrogen-bond donors (Lipinski definition) is 2. The first-order valence-corrected chi connectivity index (χ1v) is 8.98. The van der Waals surface area contributed by atoms with Crippen LogP contribution in [0.15, 0.2) is 18.2 Å². The molecule has 4 nitrogen and oxygen atoms in total. The molecule has 0 aromatic heterocycles. The van der Waals surface area contributed by atoms with Crippen LogP contribution in [0.1, 0.15) is 44.2 Å². The van der Waals surface area contributed by atoms with Crippen molar-refractivity contribution in [1.29, 1.82) is 0 Å². The van der Waals surface area contributed by atoms with Crippen LogP contribution < -0.4 is 10.6 Å². The number of amides is 1. The number of aryl methyl sites for hydroxylation is 2. The van der Waals surface area contributed by atoms with Crippen molar-refractivity contribution in [2.75, 3.05) is 31.5 Å². The Morgan fingerprint density at radius 3 is 2.70 bits per heavy atom. The van der Waals surface area contributed by atoms with E-state index in [2.05, 4.69) is 54.5 Å². The summed E-state index contributed by atoms with van der Waals surface area (Å²) in [6, 6.07) is 6.75. The van der Waals surface area contributed by atoms with Crippen LogP contribution in [-0.4, -0.2) is 43.0 Å². The molecule has 1 fully saturated rings. The monoisotopic (exact) mass is 317 g/mol. The minimum atomic E-state index is 0.112. The quantitative estimate of drug-likeness (QED) is 0.812. The molecule has 4 heteroatoms. The lowest BCUT2D eigenvalue weighted by Gasteiger charge is -2.34. The highest BCUT2D eigenvalue weighted by molar-refractivity contribution is 5.93. The maximum Gasteiger partial charge on any atom is 0.238 e. The van der Waals surface area contributed by atoms with Crippen LogP contribution in [0.2, 0.25) is 0 Å². The Morgan fingerprint density at radius 1 is 1.30 bits per heavy atom. The summed E-state index contributed by atoms with van der Waals surface area (Å²) < 4.78 is 0. The van der Waals surface area contributed by atoms with E-state index in [-0.39, 0.29) is 5.91 Å². The molecule has 23 heavy (non-hydrogen) atoms. The van der Waals surface area contributed by atoms with Crippen LogP contribution in [0.25, 0.3) is 0 Å². The summed E-state index contributed by atoms with van der Waals surface area (Å²) in [5, 5.41) is 6.56. The van der Waals surface area contributed by atoms with Gasteiger partial charge in [0.05, 0.1) is 6.54 Å². The molecule has 1 amide bonds. The van der Waals surface area contributed by atoms with Crippen molar-refractivity contribution < 1.29 is 4.79 Å². The average Bonchev–Trinajstić information content (AvgIpc) is 2.57. The average molecular weight is 317 g/mol. The second kappa shape index (κ2) is 9.04. The van der Waals surface area contributed by atoms with Crippen LogP contribution in [0.4, 0.5) is 5.69 Å². The van der Waals surface area contributed by atoms with Crippen LogP contribution in [0.3, 0.4) is 0 Å². The van der Waals surface area contributed by atoms with E-state index >= 15 is 0 Å². The van der Waals surface area contributed by atoms with Crippen molar-refractivity contribution in [3.05, 3.63) is 29.3 Å². The van der Waals surface area contributed by atoms with Crippen LogP contribution >= 0.6 is 0 Å². The summed E-state index contributed by atoms with van der Waals surface area (Å²) in [7, 11) is 0. The lowest BCUT2D eigenvalue weighted by molar-refractivity contribution is -0.118. The van der Waals surface area contributed by atoms with Crippen LogP contribution in [-0.2, 0) is 11.2 Å². The van der Waals surface area contributed by atoms with E-state index in [4.69, 9.17) is 0 Å². The molecule has 0 unspecified atom stereocenters. The zero-order valence-electron chi connectivity index (χ0n) is 14.8. The van der Waals surface area contributed by atoms with Gasteiger partial charge in [0.2, 0.25) is 5.91 Å². The van der Waals surface area contributed by atoms with Crippen molar-refractivity contribution >= 4 is 11.6 Å². The number of carbonyl (C=O) groups excluding carboxylic acids is 1. The molecule has 1 aliphatic heterocycles. The van der Waals surface area contributed by atoms with Crippen molar-refractivity contribution in [3.8, 4) is 0 Å². The van der Waals surface area contributed by atoms with E-state index < -0.39 is 0 Å². The summed E-state index contributed by atoms with van der Waals surface area (Å²) in [6.45, 7) is 9.98. The molecule has 2 rings (SSSR count). The molecule has 0 atom stereocenters. The van der Waals surface area contributed by atoms with Gasteiger partial charge in [-0.3, -0.25) is 9.69 Å². The zero-order valence-corrected chi connectivity index (χ0v) is 14.8. The second-order valence-corrected chi connectivity index (χ2v) is 6.46. The number of nitrogens with zero attached hydrogens (tertiary/aromatic N) is 1. The SMILES string of the molecule is CCCN(CC(=O)Nc1c(C)cccc1CC)C1CCNCC1.